The summed E-state index contributed by atoms with van der Waals surface area (Å²) in [5, 5.41) is 23.7. The number of carbonyl (C=O) groups excluding carboxylic acids is 2. The Hall–Kier alpha value is -3.07. The van der Waals surface area contributed by atoms with Crippen LogP contribution in [0.1, 0.15) is 61.6 Å². The van der Waals surface area contributed by atoms with Gasteiger partial charge in [0.2, 0.25) is 5.91 Å². The van der Waals surface area contributed by atoms with Gasteiger partial charge in [0.15, 0.2) is 5.60 Å². The van der Waals surface area contributed by atoms with Crippen molar-refractivity contribution in [2.45, 2.75) is 68.5 Å². The number of esters is 1. The van der Waals surface area contributed by atoms with Gasteiger partial charge in [-0.25, -0.2) is 4.79 Å². The maximum Gasteiger partial charge on any atom is 0.343 e. The van der Waals surface area contributed by atoms with Crippen LogP contribution in [0.3, 0.4) is 0 Å². The van der Waals surface area contributed by atoms with Crippen LogP contribution in [-0.2, 0) is 31.8 Å². The average molecular weight is 623 g/mol. The van der Waals surface area contributed by atoms with Crippen LogP contribution in [0.4, 0.5) is 5.69 Å². The molecule has 1 amide bonds. The van der Waals surface area contributed by atoms with Crippen molar-refractivity contribution in [1.29, 1.82) is 0 Å². The number of ether oxygens (including phenoxy) is 2. The molecule has 0 radical (unpaired) electrons. The summed E-state index contributed by atoms with van der Waals surface area (Å²) < 4.78 is 11.7. The van der Waals surface area contributed by atoms with E-state index in [1.54, 1.807) is 25.2 Å². The predicted octanol–water partition coefficient (Wildman–Crippen LogP) is 4.76. The molecule has 236 valence electrons. The van der Waals surface area contributed by atoms with Crippen LogP contribution in [0.5, 0.6) is 5.75 Å². The van der Waals surface area contributed by atoms with Crippen molar-refractivity contribution in [2.24, 2.45) is 11.8 Å². The molecule has 2 aromatic carbocycles. The second kappa shape index (κ2) is 12.4. The monoisotopic (exact) mass is 622 g/mol. The topological polar surface area (TPSA) is 99.5 Å². The van der Waals surface area contributed by atoms with Crippen molar-refractivity contribution in [1.82, 2.24) is 4.90 Å². The molecule has 9 heteroatoms. The van der Waals surface area contributed by atoms with E-state index < -0.39 is 24.1 Å². The summed E-state index contributed by atoms with van der Waals surface area (Å²) in [6.45, 7) is 2.31. The van der Waals surface area contributed by atoms with Crippen LogP contribution >= 0.6 is 11.6 Å². The molecule has 44 heavy (non-hydrogen) atoms. The van der Waals surface area contributed by atoms with Gasteiger partial charge in [-0.15, -0.1) is 0 Å². The first-order valence-electron chi connectivity index (χ1n) is 15.8. The summed E-state index contributed by atoms with van der Waals surface area (Å²) in [5.41, 5.74) is 1.10. The van der Waals surface area contributed by atoms with Gasteiger partial charge in [0, 0.05) is 37.1 Å². The summed E-state index contributed by atoms with van der Waals surface area (Å²) >= 11 is 6.41. The number of amides is 1. The number of rotatable bonds is 1. The van der Waals surface area contributed by atoms with E-state index in [1.165, 1.54) is 23.1 Å². The number of halogens is 1. The van der Waals surface area contributed by atoms with E-state index in [0.29, 0.717) is 50.4 Å². The summed E-state index contributed by atoms with van der Waals surface area (Å²) in [5.74, 6) is -0.168. The fourth-order valence-electron chi connectivity index (χ4n) is 7.69. The van der Waals surface area contributed by atoms with Crippen molar-refractivity contribution in [3.05, 3.63) is 70.3 Å². The number of nitrogens with zero attached hydrogens (tertiary/aromatic N) is 2. The van der Waals surface area contributed by atoms with Gasteiger partial charge in [-0.3, -0.25) is 4.79 Å². The van der Waals surface area contributed by atoms with E-state index in [9.17, 15) is 19.8 Å². The SMILES string of the molecule is COC(=O)[C@@]1(O)CC(=O)N(C)CCC/C=C/[C@H](O)[C@@H]2CC[C@H]2CN2C[C@]3(CCCc4cc(Cl)ccc43)COc3ccc1cc32. The lowest BCUT2D eigenvalue weighted by molar-refractivity contribution is -0.168. The fraction of sp³-hybridized carbons (Fsp3) is 0.543. The van der Waals surface area contributed by atoms with Gasteiger partial charge in [-0.05, 0) is 97.7 Å². The highest BCUT2D eigenvalue weighted by atomic mass is 35.5. The molecule has 0 unspecified atom stereocenters. The third-order valence-electron chi connectivity index (χ3n) is 10.4. The second-order valence-electron chi connectivity index (χ2n) is 13.2. The molecular weight excluding hydrogens is 580 g/mol. The third kappa shape index (κ3) is 5.72. The van der Waals surface area contributed by atoms with Crippen LogP contribution < -0.4 is 9.64 Å². The fourth-order valence-corrected chi connectivity index (χ4v) is 7.88. The molecule has 1 spiro atoms. The summed E-state index contributed by atoms with van der Waals surface area (Å²) in [7, 11) is 2.90. The van der Waals surface area contributed by atoms with Gasteiger partial charge in [0.25, 0.3) is 0 Å². The average Bonchev–Trinajstić information content (AvgIpc) is 3.14. The maximum atomic E-state index is 13.3. The Morgan fingerprint density at radius 3 is 2.77 bits per heavy atom. The molecule has 1 saturated carbocycles. The molecular formula is C35H43ClN2O6. The first-order valence-corrected chi connectivity index (χ1v) is 16.2. The van der Waals surface area contributed by atoms with Crippen LogP contribution in [0.25, 0.3) is 0 Å². The van der Waals surface area contributed by atoms with Crippen molar-refractivity contribution < 1.29 is 29.3 Å². The number of hydrogen-bond donors (Lipinski definition) is 2. The van der Waals surface area contributed by atoms with E-state index in [2.05, 4.69) is 17.0 Å². The zero-order valence-corrected chi connectivity index (χ0v) is 26.4. The van der Waals surface area contributed by atoms with E-state index in [0.717, 1.165) is 42.8 Å². The number of aryl methyl sites for hydroxylation is 1. The zero-order valence-electron chi connectivity index (χ0n) is 25.6. The lowest BCUT2D eigenvalue weighted by Crippen LogP contribution is -2.49. The van der Waals surface area contributed by atoms with E-state index in [4.69, 9.17) is 21.1 Å². The van der Waals surface area contributed by atoms with E-state index >= 15 is 0 Å². The number of carbonyl (C=O) groups is 2. The lowest BCUT2D eigenvalue weighted by atomic mass is 9.68. The summed E-state index contributed by atoms with van der Waals surface area (Å²) in [6, 6.07) is 11.4. The summed E-state index contributed by atoms with van der Waals surface area (Å²) in [6.07, 6.45) is 9.25. The standard InChI is InChI=1S/C35H43ClN2O6/c1-37-16-5-3-4-8-30(39)27-12-9-24(27)20-38-21-34(15-6-7-23-17-26(36)11-13-28(23)34)22-44-31-14-10-25(18-29(31)38)35(42,19-32(37)40)33(41)43-2/h4,8,10-11,13-14,17-18,24,27,30,39,42H,3,5-7,9,12,15-16,19-22H2,1-2H3/b8-4+/t24-,27+,30-,34+,35+/m0/s1. The number of hydrogen-bond acceptors (Lipinski definition) is 7. The molecule has 0 aromatic heterocycles. The van der Waals surface area contributed by atoms with Crippen molar-refractivity contribution in [3.8, 4) is 5.75 Å². The molecule has 2 N–H and O–H groups in total. The van der Waals surface area contributed by atoms with Crippen molar-refractivity contribution in [3.63, 3.8) is 0 Å². The van der Waals surface area contributed by atoms with Crippen LogP contribution in [0.2, 0.25) is 5.02 Å². The number of aliphatic hydroxyl groups excluding tert-OH is 1. The van der Waals surface area contributed by atoms with Gasteiger partial charge >= 0.3 is 5.97 Å². The molecule has 2 aliphatic carbocycles. The minimum absolute atomic E-state index is 0.141. The molecule has 2 aliphatic heterocycles. The molecule has 2 aromatic rings. The van der Waals surface area contributed by atoms with Gasteiger partial charge in [0.05, 0.1) is 31.9 Å². The molecule has 1 fully saturated rings. The first kappa shape index (κ1) is 30.9. The van der Waals surface area contributed by atoms with Crippen molar-refractivity contribution in [2.75, 3.05) is 45.3 Å². The van der Waals surface area contributed by atoms with Crippen molar-refractivity contribution >= 4 is 29.2 Å². The number of fused-ring (bicyclic) bond motifs is 4. The van der Waals surface area contributed by atoms with Gasteiger partial charge in [-0.2, -0.15) is 0 Å². The lowest BCUT2D eigenvalue weighted by Gasteiger charge is -2.45. The number of allylic oxidation sites excluding steroid dienone is 1. The largest absolute Gasteiger partial charge is 0.490 e. The van der Waals surface area contributed by atoms with Gasteiger partial charge in [-0.1, -0.05) is 35.9 Å². The van der Waals surface area contributed by atoms with E-state index in [-0.39, 0.29) is 23.2 Å². The highest BCUT2D eigenvalue weighted by molar-refractivity contribution is 6.30. The summed E-state index contributed by atoms with van der Waals surface area (Å²) in [4.78, 5) is 30.3. The molecule has 2 heterocycles. The third-order valence-corrected chi connectivity index (χ3v) is 10.7. The van der Waals surface area contributed by atoms with Crippen LogP contribution in [0.15, 0.2) is 48.6 Å². The number of benzene rings is 2. The van der Waals surface area contributed by atoms with Crippen LogP contribution in [0, 0.1) is 11.8 Å². The Labute approximate surface area is 264 Å². The van der Waals surface area contributed by atoms with Crippen LogP contribution in [-0.4, -0.2) is 73.5 Å². The number of anilines is 1. The van der Waals surface area contributed by atoms with Gasteiger partial charge in [0.1, 0.15) is 5.75 Å². The molecule has 8 nitrogen and oxygen atoms in total. The Morgan fingerprint density at radius 2 is 2.00 bits per heavy atom. The van der Waals surface area contributed by atoms with Gasteiger partial charge < -0.3 is 29.5 Å². The Kier molecular flexibility index (Phi) is 8.70. The normalized spacial score (nSPS) is 31.5. The number of methoxy groups -OCH3 is 1. The minimum Gasteiger partial charge on any atom is -0.490 e. The number of aliphatic hydroxyl groups is 2. The van der Waals surface area contributed by atoms with E-state index in [1.807, 2.05) is 18.2 Å². The highest BCUT2D eigenvalue weighted by Gasteiger charge is 2.46. The molecule has 6 rings (SSSR count). The first-order chi connectivity index (χ1) is 21.1. The Balaban J connectivity index is 1.46. The molecule has 2 bridgehead atoms. The molecule has 5 atom stereocenters. The highest BCUT2D eigenvalue weighted by Crippen LogP contribution is 2.47. The predicted molar refractivity (Wildman–Crippen MR) is 169 cm³/mol. The smallest absolute Gasteiger partial charge is 0.343 e. The maximum absolute atomic E-state index is 13.3. The second-order valence-corrected chi connectivity index (χ2v) is 13.6. The Bertz CT molecular complexity index is 1450. The minimum atomic E-state index is -2.16. The zero-order chi connectivity index (χ0) is 31.1. The molecule has 4 aliphatic rings. The quantitative estimate of drug-likeness (QED) is 0.350. The Morgan fingerprint density at radius 1 is 1.16 bits per heavy atom. The molecule has 0 saturated heterocycles.